The number of hydrogen-bond donors (Lipinski definition) is 2. The van der Waals surface area contributed by atoms with Crippen molar-refractivity contribution in [3.05, 3.63) is 48.0 Å². The number of ether oxygens (including phenoxy) is 2. The summed E-state index contributed by atoms with van der Waals surface area (Å²) in [6, 6.07) is 7.64. The van der Waals surface area contributed by atoms with Crippen LogP contribution in [0, 0.1) is 0 Å². The van der Waals surface area contributed by atoms with E-state index in [1.807, 2.05) is 18.2 Å². The van der Waals surface area contributed by atoms with E-state index in [4.69, 9.17) is 9.47 Å². The Labute approximate surface area is 185 Å². The number of fused-ring (bicyclic) bond motifs is 1. The van der Waals surface area contributed by atoms with Gasteiger partial charge in [0.2, 0.25) is 5.91 Å². The van der Waals surface area contributed by atoms with Crippen LogP contribution in [0.25, 0.3) is 0 Å². The van der Waals surface area contributed by atoms with Crippen LogP contribution in [-0.4, -0.2) is 59.5 Å². The summed E-state index contributed by atoms with van der Waals surface area (Å²) >= 11 is 0. The number of piperidine rings is 1. The number of amides is 2. The van der Waals surface area contributed by atoms with Gasteiger partial charge in [0.25, 0.3) is 0 Å². The predicted octanol–water partition coefficient (Wildman–Crippen LogP) is 2.00. The van der Waals surface area contributed by atoms with Gasteiger partial charge in [-0.3, -0.25) is 15.4 Å². The third-order valence-corrected chi connectivity index (χ3v) is 6.24. The number of carbonyl (C=O) groups is 2. The smallest absolute Gasteiger partial charge is 0.411 e. The summed E-state index contributed by atoms with van der Waals surface area (Å²) in [6.45, 7) is 1.97. The molecule has 0 bridgehead atoms. The van der Waals surface area contributed by atoms with Crippen LogP contribution in [0.2, 0.25) is 0 Å². The van der Waals surface area contributed by atoms with Crippen molar-refractivity contribution in [3.63, 3.8) is 0 Å². The number of hydrogen-bond acceptors (Lipinski definition) is 8. The van der Waals surface area contributed by atoms with E-state index in [0.717, 1.165) is 48.6 Å². The van der Waals surface area contributed by atoms with Gasteiger partial charge in [-0.05, 0) is 37.1 Å². The average molecular weight is 438 g/mol. The Balaban J connectivity index is 1.19. The van der Waals surface area contributed by atoms with Crippen LogP contribution < -0.4 is 15.5 Å². The van der Waals surface area contributed by atoms with Crippen LogP contribution in [0.3, 0.4) is 0 Å². The van der Waals surface area contributed by atoms with Crippen molar-refractivity contribution >= 4 is 23.4 Å². The maximum absolute atomic E-state index is 12.5. The average Bonchev–Trinajstić information content (AvgIpc) is 2.82. The molecule has 3 aliphatic rings. The van der Waals surface area contributed by atoms with Crippen molar-refractivity contribution in [2.45, 2.75) is 44.4 Å². The maximum atomic E-state index is 12.5. The molecule has 10 heteroatoms. The topological polar surface area (TPSA) is 109 Å². The van der Waals surface area contributed by atoms with E-state index in [1.54, 1.807) is 18.1 Å². The Morgan fingerprint density at radius 3 is 2.81 bits per heavy atom. The van der Waals surface area contributed by atoms with Crippen LogP contribution >= 0.6 is 0 Å². The molecule has 2 fully saturated rings. The molecule has 0 saturated carbocycles. The SMILES string of the molecule is CN1C(=O)CC(c2ccncn2)NC1OC1CCN(c2ccc3c(c2)COC(=O)N3)CC1. The van der Waals surface area contributed by atoms with E-state index in [1.165, 1.54) is 6.33 Å². The highest BCUT2D eigenvalue weighted by atomic mass is 16.6. The molecule has 10 nitrogen and oxygen atoms in total. The highest BCUT2D eigenvalue weighted by Crippen LogP contribution is 2.30. The van der Waals surface area contributed by atoms with Gasteiger partial charge in [0.1, 0.15) is 12.9 Å². The molecule has 2 aromatic rings. The molecule has 2 N–H and O–H groups in total. The number of anilines is 2. The van der Waals surface area contributed by atoms with Crippen molar-refractivity contribution in [1.82, 2.24) is 20.2 Å². The Morgan fingerprint density at radius 1 is 1.19 bits per heavy atom. The summed E-state index contributed by atoms with van der Waals surface area (Å²) < 4.78 is 11.4. The number of aromatic nitrogens is 2. The molecule has 4 heterocycles. The number of nitrogens with zero attached hydrogens (tertiary/aromatic N) is 4. The second-order valence-corrected chi connectivity index (χ2v) is 8.28. The molecule has 2 amide bonds. The molecule has 32 heavy (non-hydrogen) atoms. The standard InChI is InChI=1S/C22H26N6O4/c1-27-20(29)11-19(18-4-7-23-13-24-18)25-21(27)32-16-5-8-28(9-6-16)15-2-3-17-14(10-15)12-31-22(30)26-17/h2-4,7,10,13,16,19,21,25H,5-6,8-9,11-12H2,1H3,(H,26,30). The molecular weight excluding hydrogens is 412 g/mol. The molecule has 5 rings (SSSR count). The highest BCUT2D eigenvalue weighted by molar-refractivity contribution is 5.88. The zero-order chi connectivity index (χ0) is 22.1. The maximum Gasteiger partial charge on any atom is 0.411 e. The van der Waals surface area contributed by atoms with Gasteiger partial charge in [-0.2, -0.15) is 0 Å². The summed E-state index contributed by atoms with van der Waals surface area (Å²) in [5.74, 6) is 0.0261. The zero-order valence-electron chi connectivity index (χ0n) is 17.9. The highest BCUT2D eigenvalue weighted by Gasteiger charge is 2.35. The van der Waals surface area contributed by atoms with Crippen LogP contribution in [0.1, 0.15) is 36.6 Å². The normalized spacial score (nSPS) is 24.0. The van der Waals surface area contributed by atoms with E-state index >= 15 is 0 Å². The first kappa shape index (κ1) is 20.7. The molecule has 3 aliphatic heterocycles. The predicted molar refractivity (Wildman–Crippen MR) is 116 cm³/mol. The lowest BCUT2D eigenvalue weighted by Crippen LogP contribution is -2.56. The lowest BCUT2D eigenvalue weighted by molar-refractivity contribution is -0.167. The van der Waals surface area contributed by atoms with Gasteiger partial charge in [-0.1, -0.05) is 0 Å². The number of nitrogens with one attached hydrogen (secondary N) is 2. The van der Waals surface area contributed by atoms with E-state index in [-0.39, 0.29) is 24.7 Å². The number of rotatable bonds is 4. The third-order valence-electron chi connectivity index (χ3n) is 6.24. The number of cyclic esters (lactones) is 1. The molecule has 2 atom stereocenters. The molecule has 168 valence electrons. The summed E-state index contributed by atoms with van der Waals surface area (Å²) in [4.78, 5) is 36.1. The van der Waals surface area contributed by atoms with E-state index in [9.17, 15) is 9.59 Å². The fourth-order valence-corrected chi connectivity index (χ4v) is 4.36. The van der Waals surface area contributed by atoms with Crippen molar-refractivity contribution in [2.75, 3.05) is 30.4 Å². The van der Waals surface area contributed by atoms with Crippen LogP contribution in [0.15, 0.2) is 36.8 Å². The summed E-state index contributed by atoms with van der Waals surface area (Å²) in [7, 11) is 1.76. The molecule has 2 saturated heterocycles. The summed E-state index contributed by atoms with van der Waals surface area (Å²) in [5.41, 5.74) is 3.67. The fourth-order valence-electron chi connectivity index (χ4n) is 4.36. The molecular formula is C22H26N6O4. The summed E-state index contributed by atoms with van der Waals surface area (Å²) in [5, 5.41) is 6.13. The molecule has 1 aromatic carbocycles. The first-order valence-electron chi connectivity index (χ1n) is 10.8. The van der Waals surface area contributed by atoms with Gasteiger partial charge in [0, 0.05) is 44.0 Å². The van der Waals surface area contributed by atoms with Gasteiger partial charge in [-0.15, -0.1) is 0 Å². The van der Waals surface area contributed by atoms with Crippen LogP contribution in [0.4, 0.5) is 16.2 Å². The van der Waals surface area contributed by atoms with Crippen LogP contribution in [-0.2, 0) is 20.9 Å². The Morgan fingerprint density at radius 2 is 2.03 bits per heavy atom. The molecule has 0 spiro atoms. The van der Waals surface area contributed by atoms with Crippen molar-refractivity contribution in [3.8, 4) is 0 Å². The Hall–Kier alpha value is -3.24. The second-order valence-electron chi connectivity index (χ2n) is 8.28. The minimum atomic E-state index is -0.489. The molecule has 0 aliphatic carbocycles. The number of benzene rings is 1. The zero-order valence-corrected chi connectivity index (χ0v) is 17.9. The van der Waals surface area contributed by atoms with Gasteiger partial charge >= 0.3 is 6.09 Å². The Bertz CT molecular complexity index is 995. The third kappa shape index (κ3) is 4.23. The van der Waals surface area contributed by atoms with Crippen molar-refractivity contribution < 1.29 is 19.1 Å². The molecule has 1 aromatic heterocycles. The van der Waals surface area contributed by atoms with Gasteiger partial charge in [0.05, 0.1) is 23.5 Å². The lowest BCUT2D eigenvalue weighted by Gasteiger charge is -2.41. The monoisotopic (exact) mass is 438 g/mol. The van der Waals surface area contributed by atoms with Crippen LogP contribution in [0.5, 0.6) is 0 Å². The summed E-state index contributed by atoms with van der Waals surface area (Å²) in [6.07, 6.45) is 4.36. The lowest BCUT2D eigenvalue weighted by atomic mass is 10.0. The first-order valence-corrected chi connectivity index (χ1v) is 10.8. The van der Waals surface area contributed by atoms with E-state index in [2.05, 4.69) is 31.6 Å². The second kappa shape index (κ2) is 8.71. The van der Waals surface area contributed by atoms with E-state index < -0.39 is 12.4 Å². The quantitative estimate of drug-likeness (QED) is 0.746. The number of carbonyl (C=O) groups excluding carboxylic acids is 2. The largest absolute Gasteiger partial charge is 0.444 e. The van der Waals surface area contributed by atoms with Gasteiger partial charge < -0.3 is 19.3 Å². The van der Waals surface area contributed by atoms with Gasteiger partial charge in [-0.25, -0.2) is 14.8 Å². The fraction of sp³-hybridized carbons (Fsp3) is 0.455. The van der Waals surface area contributed by atoms with Crippen molar-refractivity contribution in [1.29, 1.82) is 0 Å². The minimum absolute atomic E-state index is 0.0261. The molecule has 2 unspecified atom stereocenters. The first-order chi connectivity index (χ1) is 15.6. The Kier molecular flexibility index (Phi) is 5.62. The molecule has 0 radical (unpaired) electrons. The van der Waals surface area contributed by atoms with Crippen molar-refractivity contribution in [2.24, 2.45) is 0 Å². The minimum Gasteiger partial charge on any atom is -0.444 e. The van der Waals surface area contributed by atoms with Gasteiger partial charge in [0.15, 0.2) is 6.35 Å². The van der Waals surface area contributed by atoms with E-state index in [0.29, 0.717) is 6.42 Å².